The Kier molecular flexibility index (Phi) is 14.1. The number of carbonyl (C=O) groups is 3. The van der Waals surface area contributed by atoms with Gasteiger partial charge in [0.15, 0.2) is 0 Å². The smallest absolute Gasteiger partial charge is 0.371 e. The predicted molar refractivity (Wildman–Crippen MR) is 155 cm³/mol. The number of halogens is 3. The number of alkyl halides is 3. The molecule has 0 saturated carbocycles. The second-order valence-corrected chi connectivity index (χ2v) is 11.6. The molecule has 1 aromatic heterocycles. The number of nitrogens with zero attached hydrogens (tertiary/aromatic N) is 2. The van der Waals surface area contributed by atoms with Crippen molar-refractivity contribution in [2.24, 2.45) is 5.92 Å². The van der Waals surface area contributed by atoms with Gasteiger partial charge in [-0.25, -0.2) is 4.98 Å². The summed E-state index contributed by atoms with van der Waals surface area (Å²) in [6.45, 7) is 8.34. The Bertz CT molecular complexity index is 1130. The lowest BCUT2D eigenvalue weighted by atomic mass is 9.96. The molecule has 0 spiro atoms. The van der Waals surface area contributed by atoms with Crippen LogP contribution >= 0.6 is 23.3 Å². The van der Waals surface area contributed by atoms with Crippen molar-refractivity contribution in [2.45, 2.75) is 84.0 Å². The summed E-state index contributed by atoms with van der Waals surface area (Å²) in [6.07, 6.45) is -2.39. The van der Waals surface area contributed by atoms with Crippen molar-refractivity contribution in [1.29, 1.82) is 0 Å². The molecule has 41 heavy (non-hydrogen) atoms. The van der Waals surface area contributed by atoms with Crippen LogP contribution in [0.4, 0.5) is 13.2 Å². The topological polar surface area (TPSA) is 101 Å². The maximum absolute atomic E-state index is 12.7. The lowest BCUT2D eigenvalue weighted by Crippen LogP contribution is -2.41. The number of thiazole rings is 1. The third kappa shape index (κ3) is 11.3. The van der Waals surface area contributed by atoms with E-state index in [-0.39, 0.29) is 42.1 Å². The minimum atomic E-state index is -4.92. The second kappa shape index (κ2) is 16.7. The summed E-state index contributed by atoms with van der Waals surface area (Å²) in [5.41, 5.74) is 1.64. The predicted octanol–water partition coefficient (Wildman–Crippen LogP) is 6.04. The van der Waals surface area contributed by atoms with Gasteiger partial charge in [0.05, 0.1) is 0 Å². The molecule has 0 radical (unpaired) electrons. The zero-order chi connectivity index (χ0) is 30.6. The highest BCUT2D eigenvalue weighted by molar-refractivity contribution is 7.97. The van der Waals surface area contributed by atoms with Gasteiger partial charge >= 0.3 is 12.1 Å². The molecule has 8 nitrogen and oxygen atoms in total. The molecule has 2 rings (SSSR count). The zero-order valence-electron chi connectivity index (χ0n) is 24.0. The highest BCUT2D eigenvalue weighted by atomic mass is 32.2. The standard InChI is InChI=1S/C28H39F3N4O4S2/c1-6-8-9-24(36)35(5)22(18(3)4)14-23(39-7-2)26-33-21(17-40-26)25(37)34-41-16-20-12-10-19(11-13-20)15-32-27(38)28(29,30)31/h10-13,17-18,22-23H,6-9,14-16H2,1-5H3,(H,32,38)(H,34,37). The molecular weight excluding hydrogens is 577 g/mol. The summed E-state index contributed by atoms with van der Waals surface area (Å²) in [5, 5.41) is 4.19. The van der Waals surface area contributed by atoms with Gasteiger partial charge in [-0.3, -0.25) is 19.1 Å². The molecule has 2 N–H and O–H groups in total. The molecule has 0 saturated heterocycles. The van der Waals surface area contributed by atoms with E-state index in [2.05, 4.69) is 30.5 Å². The number of benzene rings is 1. The van der Waals surface area contributed by atoms with Crippen molar-refractivity contribution in [3.8, 4) is 0 Å². The molecule has 228 valence electrons. The Labute approximate surface area is 247 Å². The molecule has 2 aromatic rings. The van der Waals surface area contributed by atoms with Crippen molar-refractivity contribution >= 4 is 41.0 Å². The number of aromatic nitrogens is 1. The first-order valence-corrected chi connectivity index (χ1v) is 15.4. The van der Waals surface area contributed by atoms with E-state index in [1.165, 1.54) is 11.3 Å². The fourth-order valence-corrected chi connectivity index (χ4v) is 5.57. The third-order valence-electron chi connectivity index (χ3n) is 6.40. The Morgan fingerprint density at radius 1 is 1.12 bits per heavy atom. The summed E-state index contributed by atoms with van der Waals surface area (Å²) in [6, 6.07) is 6.64. The van der Waals surface area contributed by atoms with E-state index in [9.17, 15) is 27.6 Å². The van der Waals surface area contributed by atoms with Crippen molar-refractivity contribution in [2.75, 3.05) is 13.7 Å². The fraction of sp³-hybridized carbons (Fsp3) is 0.571. The normalized spacial score (nSPS) is 13.1. The van der Waals surface area contributed by atoms with Crippen LogP contribution in [-0.4, -0.2) is 53.5 Å². The summed E-state index contributed by atoms with van der Waals surface area (Å²) < 4.78 is 45.7. The Balaban J connectivity index is 1.93. The highest BCUT2D eigenvalue weighted by Gasteiger charge is 2.38. The summed E-state index contributed by atoms with van der Waals surface area (Å²) in [4.78, 5) is 42.7. The fourth-order valence-electron chi connectivity index (χ4n) is 4.04. The first-order valence-electron chi connectivity index (χ1n) is 13.5. The number of ether oxygens (including phenoxy) is 1. The SMILES string of the molecule is CCCCC(=O)N(C)C(CC(OCC)c1nc(C(=O)NSCc2ccc(CNC(=O)C(F)(F)F)cc2)cs1)C(C)C. The second-order valence-electron chi connectivity index (χ2n) is 9.89. The van der Waals surface area contributed by atoms with Gasteiger partial charge in [-0.15, -0.1) is 11.3 Å². The Hall–Kier alpha value is -2.64. The van der Waals surface area contributed by atoms with E-state index < -0.39 is 12.1 Å². The Morgan fingerprint density at radius 3 is 2.37 bits per heavy atom. The molecule has 0 aliphatic carbocycles. The average Bonchev–Trinajstić information content (AvgIpc) is 3.42. The number of hydrogen-bond acceptors (Lipinski definition) is 7. The summed E-state index contributed by atoms with van der Waals surface area (Å²) in [5.74, 6) is -1.59. The molecule has 0 bridgehead atoms. The molecule has 1 heterocycles. The van der Waals surface area contributed by atoms with Crippen LogP contribution in [0, 0.1) is 5.92 Å². The van der Waals surface area contributed by atoms with E-state index in [1.54, 1.807) is 29.6 Å². The molecular formula is C28H39F3N4O4S2. The van der Waals surface area contributed by atoms with E-state index in [1.807, 2.05) is 24.2 Å². The molecule has 3 amide bonds. The Morgan fingerprint density at radius 2 is 1.78 bits per heavy atom. The third-order valence-corrected chi connectivity index (χ3v) is 8.14. The summed E-state index contributed by atoms with van der Waals surface area (Å²) >= 11 is 2.51. The largest absolute Gasteiger partial charge is 0.471 e. The van der Waals surface area contributed by atoms with Gasteiger partial charge in [-0.05, 0) is 42.3 Å². The van der Waals surface area contributed by atoms with Crippen LogP contribution in [0.1, 0.15) is 86.1 Å². The first-order chi connectivity index (χ1) is 19.4. The minimum absolute atomic E-state index is 0.0417. The van der Waals surface area contributed by atoms with Gasteiger partial charge in [0.1, 0.15) is 16.8 Å². The number of rotatable bonds is 16. The quantitative estimate of drug-likeness (QED) is 0.223. The van der Waals surface area contributed by atoms with Crippen LogP contribution in [0.3, 0.4) is 0 Å². The zero-order valence-corrected chi connectivity index (χ0v) is 25.7. The van der Waals surface area contributed by atoms with E-state index in [4.69, 9.17) is 4.74 Å². The van der Waals surface area contributed by atoms with Gasteiger partial charge in [0, 0.05) is 50.2 Å². The molecule has 0 aliphatic rings. The van der Waals surface area contributed by atoms with Gasteiger partial charge < -0.3 is 15.0 Å². The molecule has 1 aromatic carbocycles. The molecule has 2 unspecified atom stereocenters. The molecule has 2 atom stereocenters. The van der Waals surface area contributed by atoms with Crippen LogP contribution in [-0.2, 0) is 26.6 Å². The van der Waals surface area contributed by atoms with Crippen molar-refractivity contribution in [1.82, 2.24) is 19.9 Å². The van der Waals surface area contributed by atoms with Crippen molar-refractivity contribution in [3.63, 3.8) is 0 Å². The minimum Gasteiger partial charge on any atom is -0.371 e. The van der Waals surface area contributed by atoms with Gasteiger partial charge in [0.2, 0.25) is 5.91 Å². The van der Waals surface area contributed by atoms with Gasteiger partial charge in [-0.1, -0.05) is 51.5 Å². The number of amides is 3. The number of hydrogen-bond donors (Lipinski definition) is 2. The first kappa shape index (κ1) is 34.6. The van der Waals surface area contributed by atoms with E-state index >= 15 is 0 Å². The van der Waals surface area contributed by atoms with Crippen LogP contribution in [0.25, 0.3) is 0 Å². The van der Waals surface area contributed by atoms with Crippen molar-refractivity contribution in [3.05, 3.63) is 51.5 Å². The van der Waals surface area contributed by atoms with Crippen LogP contribution in [0.2, 0.25) is 0 Å². The van der Waals surface area contributed by atoms with Crippen molar-refractivity contribution < 1.29 is 32.3 Å². The lowest BCUT2D eigenvalue weighted by Gasteiger charge is -2.33. The molecule has 0 fully saturated rings. The maximum Gasteiger partial charge on any atom is 0.471 e. The maximum atomic E-state index is 12.7. The van der Waals surface area contributed by atoms with Crippen LogP contribution in [0.5, 0.6) is 0 Å². The lowest BCUT2D eigenvalue weighted by molar-refractivity contribution is -0.173. The van der Waals surface area contributed by atoms with Gasteiger partial charge in [0.25, 0.3) is 5.91 Å². The number of unbranched alkanes of at least 4 members (excludes halogenated alkanes) is 1. The van der Waals surface area contributed by atoms with Gasteiger partial charge in [-0.2, -0.15) is 13.2 Å². The van der Waals surface area contributed by atoms with E-state index in [0.717, 1.165) is 30.4 Å². The molecule has 0 aliphatic heterocycles. The average molecular weight is 617 g/mol. The molecule has 13 heteroatoms. The monoisotopic (exact) mass is 616 g/mol. The van der Waals surface area contributed by atoms with Crippen LogP contribution in [0.15, 0.2) is 29.6 Å². The number of carbonyl (C=O) groups excluding carboxylic acids is 3. The number of nitrogens with one attached hydrogen (secondary N) is 2. The van der Waals surface area contributed by atoms with Crippen LogP contribution < -0.4 is 10.0 Å². The highest BCUT2D eigenvalue weighted by Crippen LogP contribution is 2.30. The summed E-state index contributed by atoms with van der Waals surface area (Å²) in [7, 11) is 1.84. The van der Waals surface area contributed by atoms with E-state index in [0.29, 0.717) is 35.8 Å².